The number of hydrogen-bond donors (Lipinski definition) is 2. The van der Waals surface area contributed by atoms with Crippen molar-refractivity contribution < 1.29 is 12.8 Å². The first kappa shape index (κ1) is 15.7. The van der Waals surface area contributed by atoms with Gasteiger partial charge in [-0.05, 0) is 31.2 Å². The number of nitrogens with one attached hydrogen (secondary N) is 1. The zero-order valence-corrected chi connectivity index (χ0v) is 12.7. The summed E-state index contributed by atoms with van der Waals surface area (Å²) in [6.45, 7) is 1.56. The minimum atomic E-state index is -4.11. The van der Waals surface area contributed by atoms with Crippen molar-refractivity contribution in [3.05, 3.63) is 52.6 Å². The SMILES string of the molecule is Cc1cc(NS(=O)(=O)c2cc(Cl)cc(CN)c2F)ccn1. The number of rotatable bonds is 4. The summed E-state index contributed by atoms with van der Waals surface area (Å²) in [4.78, 5) is 3.42. The molecule has 0 fully saturated rings. The van der Waals surface area contributed by atoms with Crippen LogP contribution in [0.25, 0.3) is 0 Å². The van der Waals surface area contributed by atoms with E-state index >= 15 is 0 Å². The summed E-state index contributed by atoms with van der Waals surface area (Å²) in [6, 6.07) is 5.35. The van der Waals surface area contributed by atoms with Crippen LogP contribution in [0.4, 0.5) is 10.1 Å². The van der Waals surface area contributed by atoms with Gasteiger partial charge in [0.15, 0.2) is 0 Å². The molecule has 2 rings (SSSR count). The standard InChI is InChI=1S/C13H13ClFN3O2S/c1-8-4-11(2-3-17-8)18-21(19,20)12-6-10(14)5-9(7-16)13(12)15/h2-6H,7,16H2,1H3,(H,17,18). The third-order valence-corrected chi connectivity index (χ3v) is 4.34. The second-order valence-corrected chi connectivity index (χ2v) is 6.46. The van der Waals surface area contributed by atoms with E-state index in [0.717, 1.165) is 6.07 Å². The minimum Gasteiger partial charge on any atom is -0.326 e. The molecule has 0 aliphatic rings. The van der Waals surface area contributed by atoms with Crippen molar-refractivity contribution in [1.82, 2.24) is 4.98 Å². The summed E-state index contributed by atoms with van der Waals surface area (Å²) in [7, 11) is -4.11. The molecule has 112 valence electrons. The maximum atomic E-state index is 14.2. The highest BCUT2D eigenvalue weighted by Crippen LogP contribution is 2.25. The minimum absolute atomic E-state index is 0.0359. The lowest BCUT2D eigenvalue weighted by atomic mass is 10.2. The summed E-state index contributed by atoms with van der Waals surface area (Å²) >= 11 is 5.81. The Bertz CT molecular complexity index is 781. The molecule has 0 atom stereocenters. The van der Waals surface area contributed by atoms with Crippen LogP contribution < -0.4 is 10.5 Å². The van der Waals surface area contributed by atoms with Gasteiger partial charge in [-0.15, -0.1) is 0 Å². The number of nitrogens with two attached hydrogens (primary N) is 1. The van der Waals surface area contributed by atoms with Gasteiger partial charge in [0.1, 0.15) is 10.7 Å². The van der Waals surface area contributed by atoms with Crippen LogP contribution in [0.3, 0.4) is 0 Å². The van der Waals surface area contributed by atoms with E-state index in [-0.39, 0.29) is 22.8 Å². The van der Waals surface area contributed by atoms with E-state index in [2.05, 4.69) is 9.71 Å². The van der Waals surface area contributed by atoms with Gasteiger partial charge in [0.05, 0.1) is 5.69 Å². The number of aromatic nitrogens is 1. The fourth-order valence-corrected chi connectivity index (χ4v) is 3.28. The van der Waals surface area contributed by atoms with E-state index in [9.17, 15) is 12.8 Å². The Morgan fingerprint density at radius 1 is 1.38 bits per heavy atom. The number of pyridine rings is 1. The van der Waals surface area contributed by atoms with Crippen LogP contribution in [0.5, 0.6) is 0 Å². The predicted molar refractivity (Wildman–Crippen MR) is 79.1 cm³/mol. The smallest absolute Gasteiger partial charge is 0.264 e. The lowest BCUT2D eigenvalue weighted by molar-refractivity contribution is 0.561. The van der Waals surface area contributed by atoms with Crippen molar-refractivity contribution in [1.29, 1.82) is 0 Å². The zero-order valence-electron chi connectivity index (χ0n) is 11.1. The van der Waals surface area contributed by atoms with Crippen molar-refractivity contribution >= 4 is 27.3 Å². The zero-order chi connectivity index (χ0) is 15.6. The average molecular weight is 330 g/mol. The molecule has 0 bridgehead atoms. The molecule has 0 spiro atoms. The number of halogens is 2. The van der Waals surface area contributed by atoms with E-state index in [1.807, 2.05) is 0 Å². The molecule has 0 amide bonds. The number of hydrogen-bond acceptors (Lipinski definition) is 4. The maximum absolute atomic E-state index is 14.2. The third-order valence-electron chi connectivity index (χ3n) is 2.74. The number of nitrogens with zero attached hydrogens (tertiary/aromatic N) is 1. The molecule has 3 N–H and O–H groups in total. The molecule has 1 heterocycles. The number of benzene rings is 1. The largest absolute Gasteiger partial charge is 0.326 e. The maximum Gasteiger partial charge on any atom is 0.264 e. The van der Waals surface area contributed by atoms with Crippen LogP contribution in [0, 0.1) is 12.7 Å². The molecule has 1 aromatic heterocycles. The van der Waals surface area contributed by atoms with Gasteiger partial charge in [0.25, 0.3) is 10.0 Å². The van der Waals surface area contributed by atoms with Crippen molar-refractivity contribution in [3.63, 3.8) is 0 Å². The van der Waals surface area contributed by atoms with E-state index in [4.69, 9.17) is 17.3 Å². The molecule has 0 saturated carbocycles. The summed E-state index contributed by atoms with van der Waals surface area (Å²) in [5, 5.41) is 0.100. The van der Waals surface area contributed by atoms with Crippen LogP contribution in [-0.4, -0.2) is 13.4 Å². The topological polar surface area (TPSA) is 85.1 Å². The van der Waals surface area contributed by atoms with Crippen molar-refractivity contribution in [2.24, 2.45) is 5.73 Å². The average Bonchev–Trinajstić information content (AvgIpc) is 2.40. The van der Waals surface area contributed by atoms with Crippen LogP contribution >= 0.6 is 11.6 Å². The highest BCUT2D eigenvalue weighted by molar-refractivity contribution is 7.92. The molecule has 0 aliphatic carbocycles. The molecule has 0 unspecified atom stereocenters. The summed E-state index contributed by atoms with van der Waals surface area (Å²) in [5.41, 5.74) is 6.34. The van der Waals surface area contributed by atoms with Crippen LogP contribution in [0.2, 0.25) is 5.02 Å². The van der Waals surface area contributed by atoms with Gasteiger partial charge in [0.2, 0.25) is 0 Å². The molecule has 2 aromatic rings. The molecule has 8 heteroatoms. The van der Waals surface area contributed by atoms with E-state index in [0.29, 0.717) is 5.69 Å². The Hall–Kier alpha value is -1.70. The van der Waals surface area contributed by atoms with Gasteiger partial charge in [-0.2, -0.15) is 0 Å². The first-order chi connectivity index (χ1) is 9.83. The van der Waals surface area contributed by atoms with Gasteiger partial charge >= 0.3 is 0 Å². The Morgan fingerprint density at radius 2 is 2.10 bits per heavy atom. The number of aryl methyl sites for hydroxylation is 1. The van der Waals surface area contributed by atoms with Crippen LogP contribution in [0.1, 0.15) is 11.3 Å². The normalized spacial score (nSPS) is 11.4. The third kappa shape index (κ3) is 3.49. The number of anilines is 1. The Morgan fingerprint density at radius 3 is 2.71 bits per heavy atom. The molecular formula is C13H13ClFN3O2S. The Kier molecular flexibility index (Phi) is 4.46. The lowest BCUT2D eigenvalue weighted by Crippen LogP contribution is -2.16. The van der Waals surface area contributed by atoms with Gasteiger partial charge in [0, 0.05) is 29.0 Å². The van der Waals surface area contributed by atoms with E-state index in [1.54, 1.807) is 6.92 Å². The first-order valence-corrected chi connectivity index (χ1v) is 7.83. The molecule has 0 saturated heterocycles. The molecular weight excluding hydrogens is 317 g/mol. The van der Waals surface area contributed by atoms with E-state index < -0.39 is 20.7 Å². The van der Waals surface area contributed by atoms with E-state index in [1.165, 1.54) is 24.4 Å². The number of sulfonamides is 1. The van der Waals surface area contributed by atoms with Gasteiger partial charge in [-0.25, -0.2) is 12.8 Å². The second-order valence-electron chi connectivity index (χ2n) is 4.37. The van der Waals surface area contributed by atoms with Gasteiger partial charge in [-0.3, -0.25) is 9.71 Å². The van der Waals surface area contributed by atoms with Crippen LogP contribution in [0.15, 0.2) is 35.4 Å². The van der Waals surface area contributed by atoms with Crippen molar-refractivity contribution in [2.75, 3.05) is 4.72 Å². The summed E-state index contributed by atoms with van der Waals surface area (Å²) < 4.78 is 41.0. The molecule has 1 aromatic carbocycles. The predicted octanol–water partition coefficient (Wildman–Crippen LogP) is 2.44. The lowest BCUT2D eigenvalue weighted by Gasteiger charge is -2.11. The van der Waals surface area contributed by atoms with Gasteiger partial charge < -0.3 is 5.73 Å². The second kappa shape index (κ2) is 5.97. The summed E-state index contributed by atoms with van der Waals surface area (Å²) in [6.07, 6.45) is 1.45. The van der Waals surface area contributed by atoms with Crippen molar-refractivity contribution in [3.8, 4) is 0 Å². The van der Waals surface area contributed by atoms with Gasteiger partial charge in [-0.1, -0.05) is 11.6 Å². The molecule has 21 heavy (non-hydrogen) atoms. The highest BCUT2D eigenvalue weighted by atomic mass is 35.5. The quantitative estimate of drug-likeness (QED) is 0.902. The fourth-order valence-electron chi connectivity index (χ4n) is 1.78. The Balaban J connectivity index is 2.47. The summed E-state index contributed by atoms with van der Waals surface area (Å²) in [5.74, 6) is -0.903. The first-order valence-electron chi connectivity index (χ1n) is 5.97. The fraction of sp³-hybridized carbons (Fsp3) is 0.154. The monoisotopic (exact) mass is 329 g/mol. The highest BCUT2D eigenvalue weighted by Gasteiger charge is 2.22. The molecule has 5 nitrogen and oxygen atoms in total. The Labute approximate surface area is 127 Å². The molecule has 0 aliphatic heterocycles. The van der Waals surface area contributed by atoms with Crippen molar-refractivity contribution in [2.45, 2.75) is 18.4 Å². The molecule has 0 radical (unpaired) electrons. The van der Waals surface area contributed by atoms with Crippen LogP contribution in [-0.2, 0) is 16.6 Å².